The lowest BCUT2D eigenvalue weighted by Gasteiger charge is -2.40. The first kappa shape index (κ1) is 22.2. The number of amides is 1. The number of rotatable bonds is 5. The van der Waals surface area contributed by atoms with E-state index < -0.39 is 12.7 Å². The van der Waals surface area contributed by atoms with Crippen molar-refractivity contribution >= 4 is 28.9 Å². The third-order valence-electron chi connectivity index (χ3n) is 5.47. The second kappa shape index (κ2) is 9.62. The number of para-hydroxylation sites is 1. The standard InChI is InChI=1S/C23H23F2N3O3S/c1-15-19(21(29)27-11-13-30-14-12-27)20(16-7-9-18(10-8-16)31-22(24)25)26-23(32)28(15)17-5-3-2-4-6-17/h2-10,20,22H,11-14H2,1H3,(H,26,32). The molecule has 2 aliphatic rings. The van der Waals surface area contributed by atoms with Crippen LogP contribution in [0.25, 0.3) is 0 Å². The fourth-order valence-corrected chi connectivity index (χ4v) is 4.30. The number of hydrogen-bond donors (Lipinski definition) is 1. The molecule has 1 amide bonds. The van der Waals surface area contributed by atoms with Gasteiger partial charge in [0.25, 0.3) is 5.91 Å². The predicted octanol–water partition coefficient (Wildman–Crippen LogP) is 3.86. The van der Waals surface area contributed by atoms with E-state index in [2.05, 4.69) is 10.1 Å². The molecule has 9 heteroatoms. The minimum Gasteiger partial charge on any atom is -0.435 e. The van der Waals surface area contributed by atoms with Gasteiger partial charge in [0.2, 0.25) is 0 Å². The number of halogens is 2. The van der Waals surface area contributed by atoms with Gasteiger partial charge in [0.05, 0.1) is 24.8 Å². The van der Waals surface area contributed by atoms with E-state index in [1.54, 1.807) is 17.0 Å². The molecule has 6 nitrogen and oxygen atoms in total. The molecule has 32 heavy (non-hydrogen) atoms. The molecule has 2 aromatic carbocycles. The van der Waals surface area contributed by atoms with Gasteiger partial charge in [-0.05, 0) is 49.0 Å². The Bertz CT molecular complexity index is 1010. The highest BCUT2D eigenvalue weighted by atomic mass is 32.1. The SMILES string of the molecule is CC1=C(C(=O)N2CCOCC2)C(c2ccc(OC(F)F)cc2)NC(=S)N1c1ccccc1. The van der Waals surface area contributed by atoms with Crippen molar-refractivity contribution in [2.75, 3.05) is 31.2 Å². The third-order valence-corrected chi connectivity index (χ3v) is 5.77. The van der Waals surface area contributed by atoms with Crippen LogP contribution in [0.4, 0.5) is 14.5 Å². The van der Waals surface area contributed by atoms with Gasteiger partial charge in [-0.25, -0.2) is 0 Å². The Labute approximate surface area is 190 Å². The molecule has 0 aliphatic carbocycles. The molecule has 0 radical (unpaired) electrons. The van der Waals surface area contributed by atoms with Gasteiger partial charge in [0, 0.05) is 24.5 Å². The number of nitrogens with zero attached hydrogens (tertiary/aromatic N) is 2. The molecule has 1 saturated heterocycles. The fourth-order valence-electron chi connectivity index (χ4n) is 3.94. The molecule has 2 aromatic rings. The molecule has 2 aliphatic heterocycles. The lowest BCUT2D eigenvalue weighted by atomic mass is 9.93. The van der Waals surface area contributed by atoms with Crippen LogP contribution in [0, 0.1) is 0 Å². The average Bonchev–Trinajstić information content (AvgIpc) is 2.80. The van der Waals surface area contributed by atoms with Gasteiger partial charge in [-0.3, -0.25) is 9.69 Å². The molecular formula is C23H23F2N3O3S. The van der Waals surface area contributed by atoms with E-state index in [-0.39, 0.29) is 11.7 Å². The second-order valence-electron chi connectivity index (χ2n) is 7.40. The van der Waals surface area contributed by atoms with E-state index >= 15 is 0 Å². The molecule has 1 atom stereocenters. The van der Waals surface area contributed by atoms with Crippen LogP contribution >= 0.6 is 12.2 Å². The molecule has 1 unspecified atom stereocenters. The maximum atomic E-state index is 13.6. The molecule has 4 rings (SSSR count). The summed E-state index contributed by atoms with van der Waals surface area (Å²) in [4.78, 5) is 17.2. The van der Waals surface area contributed by atoms with Crippen molar-refractivity contribution in [3.8, 4) is 5.75 Å². The first-order valence-electron chi connectivity index (χ1n) is 10.2. The van der Waals surface area contributed by atoms with E-state index in [1.807, 2.05) is 42.2 Å². The summed E-state index contributed by atoms with van der Waals surface area (Å²) in [5, 5.41) is 3.72. The molecule has 168 valence electrons. The Morgan fingerprint density at radius 1 is 1.12 bits per heavy atom. The number of hydrogen-bond acceptors (Lipinski definition) is 4. The number of anilines is 1. The average molecular weight is 460 g/mol. The van der Waals surface area contributed by atoms with Crippen molar-refractivity contribution in [2.24, 2.45) is 0 Å². The van der Waals surface area contributed by atoms with Gasteiger partial charge >= 0.3 is 6.61 Å². The second-order valence-corrected chi connectivity index (χ2v) is 7.79. The number of ether oxygens (including phenoxy) is 2. The summed E-state index contributed by atoms with van der Waals surface area (Å²) in [5.41, 5.74) is 2.83. The number of carbonyl (C=O) groups is 1. The largest absolute Gasteiger partial charge is 0.435 e. The Morgan fingerprint density at radius 3 is 2.41 bits per heavy atom. The maximum Gasteiger partial charge on any atom is 0.387 e. The van der Waals surface area contributed by atoms with Crippen LogP contribution in [-0.4, -0.2) is 48.8 Å². The molecule has 0 saturated carbocycles. The third kappa shape index (κ3) is 4.58. The van der Waals surface area contributed by atoms with Gasteiger partial charge in [0.1, 0.15) is 5.75 Å². The Balaban J connectivity index is 1.75. The molecule has 0 bridgehead atoms. The quantitative estimate of drug-likeness (QED) is 0.686. The van der Waals surface area contributed by atoms with Crippen LogP contribution in [0.3, 0.4) is 0 Å². The maximum absolute atomic E-state index is 13.6. The number of allylic oxidation sites excluding steroid dienone is 1. The summed E-state index contributed by atoms with van der Waals surface area (Å²) in [7, 11) is 0. The van der Waals surface area contributed by atoms with Crippen molar-refractivity contribution in [2.45, 2.75) is 19.6 Å². The van der Waals surface area contributed by atoms with Gasteiger partial charge in [-0.2, -0.15) is 8.78 Å². The minimum atomic E-state index is -2.90. The summed E-state index contributed by atoms with van der Waals surface area (Å²) < 4.78 is 34.9. The van der Waals surface area contributed by atoms with Crippen molar-refractivity contribution in [1.82, 2.24) is 10.2 Å². The summed E-state index contributed by atoms with van der Waals surface area (Å²) in [6.45, 7) is 0.933. The highest BCUT2D eigenvalue weighted by molar-refractivity contribution is 7.80. The van der Waals surface area contributed by atoms with Crippen LogP contribution in [0.1, 0.15) is 18.5 Å². The first-order chi connectivity index (χ1) is 15.5. The molecular weight excluding hydrogens is 436 g/mol. The summed E-state index contributed by atoms with van der Waals surface area (Å²) in [5.74, 6) is -0.0607. The van der Waals surface area contributed by atoms with Crippen molar-refractivity contribution in [3.05, 3.63) is 71.4 Å². The number of morpholine rings is 1. The predicted molar refractivity (Wildman–Crippen MR) is 121 cm³/mol. The lowest BCUT2D eigenvalue weighted by molar-refractivity contribution is -0.131. The van der Waals surface area contributed by atoms with E-state index in [0.717, 1.165) is 11.3 Å². The highest BCUT2D eigenvalue weighted by Crippen LogP contribution is 2.35. The van der Waals surface area contributed by atoms with E-state index in [9.17, 15) is 13.6 Å². The van der Waals surface area contributed by atoms with Crippen LogP contribution in [0.15, 0.2) is 65.9 Å². The zero-order valence-electron chi connectivity index (χ0n) is 17.5. The monoisotopic (exact) mass is 459 g/mol. The molecule has 1 fully saturated rings. The molecule has 2 heterocycles. The summed E-state index contributed by atoms with van der Waals surface area (Å²) >= 11 is 5.65. The van der Waals surface area contributed by atoms with Gasteiger partial charge in [0.15, 0.2) is 5.11 Å². The van der Waals surface area contributed by atoms with Gasteiger partial charge in [-0.15, -0.1) is 0 Å². The lowest BCUT2D eigenvalue weighted by Crippen LogP contribution is -2.51. The van der Waals surface area contributed by atoms with Crippen LogP contribution < -0.4 is 15.0 Å². The molecule has 1 N–H and O–H groups in total. The first-order valence-corrected chi connectivity index (χ1v) is 10.6. The van der Waals surface area contributed by atoms with E-state index in [1.165, 1.54) is 12.1 Å². The number of alkyl halides is 2. The van der Waals surface area contributed by atoms with Crippen molar-refractivity contribution < 1.29 is 23.0 Å². The summed E-state index contributed by atoms with van der Waals surface area (Å²) in [6, 6.07) is 15.3. The van der Waals surface area contributed by atoms with Crippen molar-refractivity contribution in [3.63, 3.8) is 0 Å². The number of benzene rings is 2. The number of nitrogens with one attached hydrogen (secondary N) is 1. The number of carbonyl (C=O) groups excluding carboxylic acids is 1. The van der Waals surface area contributed by atoms with Crippen LogP contribution in [0.5, 0.6) is 5.75 Å². The van der Waals surface area contributed by atoms with Gasteiger partial charge in [-0.1, -0.05) is 30.3 Å². The highest BCUT2D eigenvalue weighted by Gasteiger charge is 2.36. The molecule has 0 aromatic heterocycles. The molecule has 0 spiro atoms. The zero-order valence-corrected chi connectivity index (χ0v) is 18.3. The Morgan fingerprint density at radius 2 is 1.78 bits per heavy atom. The van der Waals surface area contributed by atoms with Gasteiger partial charge < -0.3 is 19.7 Å². The van der Waals surface area contributed by atoms with Crippen molar-refractivity contribution in [1.29, 1.82) is 0 Å². The number of thiocarbonyl (C=S) groups is 1. The van der Waals surface area contributed by atoms with Crippen LogP contribution in [0.2, 0.25) is 0 Å². The van der Waals surface area contributed by atoms with Crippen LogP contribution in [-0.2, 0) is 9.53 Å². The fraction of sp³-hybridized carbons (Fsp3) is 0.304. The normalized spacial score (nSPS) is 19.2. The summed E-state index contributed by atoms with van der Waals surface area (Å²) in [6.07, 6.45) is 0. The Kier molecular flexibility index (Phi) is 6.66. The zero-order chi connectivity index (χ0) is 22.7. The topological polar surface area (TPSA) is 54.0 Å². The Hall–Kier alpha value is -3.04. The van der Waals surface area contributed by atoms with E-state index in [0.29, 0.717) is 42.7 Å². The minimum absolute atomic E-state index is 0.0507. The smallest absolute Gasteiger partial charge is 0.387 e. The van der Waals surface area contributed by atoms with E-state index in [4.69, 9.17) is 17.0 Å².